The van der Waals surface area contributed by atoms with Crippen molar-refractivity contribution in [2.75, 3.05) is 0 Å². The maximum absolute atomic E-state index is 12.1. The fourth-order valence-corrected chi connectivity index (χ4v) is 3.84. The molecule has 0 atom stereocenters. The van der Waals surface area contributed by atoms with Crippen LogP contribution in [0, 0.1) is 6.92 Å². The number of rotatable bonds is 2. The molecule has 3 nitrogen and oxygen atoms in total. The first kappa shape index (κ1) is 17.7. The molecule has 3 aromatic rings. The molecule has 1 heterocycles. The zero-order chi connectivity index (χ0) is 18.4. The summed E-state index contributed by atoms with van der Waals surface area (Å²) in [6, 6.07) is 14.1. The lowest BCUT2D eigenvalue weighted by Crippen LogP contribution is -2.18. The molecule has 0 unspecified atom stereocenters. The second-order valence-corrected chi connectivity index (χ2v) is 8.38. The van der Waals surface area contributed by atoms with Gasteiger partial charge in [-0.25, -0.2) is 9.36 Å². The van der Waals surface area contributed by atoms with Crippen LogP contribution in [0.1, 0.15) is 43.2 Å². The van der Waals surface area contributed by atoms with Gasteiger partial charge in [-0.3, -0.25) is 0 Å². The normalized spacial score (nSPS) is 11.9. The first-order valence-corrected chi connectivity index (χ1v) is 9.10. The molecule has 0 aliphatic carbocycles. The van der Waals surface area contributed by atoms with Gasteiger partial charge in [-0.1, -0.05) is 67.0 Å². The third-order valence-corrected chi connectivity index (χ3v) is 5.04. The number of para-hydroxylation sites is 1. The molecule has 1 N–H and O–H groups in total. The molecule has 0 radical (unpaired) electrons. The standard InChI is InChI=1S/C21H22BrNO2/c1-13-6-5-7-16-18(21(2,3)4)17(23(19(13)16)20(24)25)12-14-8-10-15(22)11-9-14/h5-11H,12H2,1-4H3,(H,24,25). The van der Waals surface area contributed by atoms with Gasteiger partial charge in [-0.2, -0.15) is 0 Å². The first-order chi connectivity index (χ1) is 11.7. The van der Waals surface area contributed by atoms with Gasteiger partial charge in [-0.15, -0.1) is 0 Å². The Morgan fingerprint density at radius 3 is 2.32 bits per heavy atom. The quantitative estimate of drug-likeness (QED) is 0.563. The van der Waals surface area contributed by atoms with Crippen molar-refractivity contribution in [3.8, 4) is 0 Å². The van der Waals surface area contributed by atoms with E-state index in [9.17, 15) is 9.90 Å². The van der Waals surface area contributed by atoms with Gasteiger partial charge >= 0.3 is 6.09 Å². The van der Waals surface area contributed by atoms with Gasteiger partial charge in [0.2, 0.25) is 0 Å². The van der Waals surface area contributed by atoms with Crippen molar-refractivity contribution in [1.82, 2.24) is 4.57 Å². The van der Waals surface area contributed by atoms with Crippen LogP contribution >= 0.6 is 15.9 Å². The van der Waals surface area contributed by atoms with Crippen molar-refractivity contribution in [3.05, 3.63) is 69.3 Å². The number of hydrogen-bond acceptors (Lipinski definition) is 1. The lowest BCUT2D eigenvalue weighted by Gasteiger charge is -2.21. The largest absolute Gasteiger partial charge is 0.464 e. The van der Waals surface area contributed by atoms with Crippen molar-refractivity contribution in [1.29, 1.82) is 0 Å². The van der Waals surface area contributed by atoms with Gasteiger partial charge in [0.05, 0.1) is 5.52 Å². The minimum Gasteiger partial charge on any atom is -0.464 e. The van der Waals surface area contributed by atoms with Gasteiger partial charge in [0.1, 0.15) is 0 Å². The van der Waals surface area contributed by atoms with Crippen LogP contribution in [0.5, 0.6) is 0 Å². The molecule has 0 amide bonds. The van der Waals surface area contributed by atoms with E-state index in [1.165, 1.54) is 4.57 Å². The monoisotopic (exact) mass is 399 g/mol. The molecule has 0 fully saturated rings. The summed E-state index contributed by atoms with van der Waals surface area (Å²) in [6.07, 6.45) is -0.345. The number of hydrogen-bond donors (Lipinski definition) is 1. The number of aryl methyl sites for hydroxylation is 1. The van der Waals surface area contributed by atoms with Gasteiger partial charge in [0.15, 0.2) is 0 Å². The summed E-state index contributed by atoms with van der Waals surface area (Å²) >= 11 is 3.45. The third kappa shape index (κ3) is 3.23. The van der Waals surface area contributed by atoms with Crippen LogP contribution in [0.25, 0.3) is 10.9 Å². The number of benzene rings is 2. The molecule has 0 saturated heterocycles. The molecule has 0 aliphatic rings. The smallest absolute Gasteiger partial charge is 0.416 e. The molecule has 0 bridgehead atoms. The number of nitrogens with zero attached hydrogens (tertiary/aromatic N) is 1. The zero-order valence-electron chi connectivity index (χ0n) is 14.9. The van der Waals surface area contributed by atoms with Crippen LogP contribution in [0.15, 0.2) is 46.9 Å². The molecular formula is C21H22BrNO2. The maximum Gasteiger partial charge on any atom is 0.416 e. The number of halogens is 1. The topological polar surface area (TPSA) is 42.2 Å². The summed E-state index contributed by atoms with van der Waals surface area (Å²) in [5.74, 6) is 0. The highest BCUT2D eigenvalue weighted by molar-refractivity contribution is 9.10. The number of aromatic nitrogens is 1. The van der Waals surface area contributed by atoms with E-state index in [0.29, 0.717) is 6.42 Å². The van der Waals surface area contributed by atoms with Crippen molar-refractivity contribution < 1.29 is 9.90 Å². The third-order valence-electron chi connectivity index (χ3n) is 4.52. The first-order valence-electron chi connectivity index (χ1n) is 8.31. The number of carboxylic acid groups (broad SMARTS) is 1. The Labute approximate surface area is 156 Å². The highest BCUT2D eigenvalue weighted by atomic mass is 79.9. The van der Waals surface area contributed by atoms with Crippen LogP contribution in [-0.2, 0) is 11.8 Å². The minimum absolute atomic E-state index is 0.155. The molecule has 25 heavy (non-hydrogen) atoms. The fourth-order valence-electron chi connectivity index (χ4n) is 3.57. The van der Waals surface area contributed by atoms with E-state index in [2.05, 4.69) is 36.7 Å². The maximum atomic E-state index is 12.1. The lowest BCUT2D eigenvalue weighted by atomic mass is 9.83. The van der Waals surface area contributed by atoms with E-state index in [0.717, 1.165) is 37.8 Å². The Balaban J connectivity index is 2.35. The summed E-state index contributed by atoms with van der Waals surface area (Å²) in [6.45, 7) is 8.39. The Hall–Kier alpha value is -2.07. The van der Waals surface area contributed by atoms with Crippen LogP contribution in [-0.4, -0.2) is 15.8 Å². The molecule has 0 saturated carbocycles. The summed E-state index contributed by atoms with van der Waals surface area (Å²) in [5.41, 5.74) is 4.68. The number of carbonyl (C=O) groups is 1. The summed E-state index contributed by atoms with van der Waals surface area (Å²) < 4.78 is 2.50. The van der Waals surface area contributed by atoms with Crippen LogP contribution in [0.4, 0.5) is 4.79 Å². The predicted octanol–water partition coefficient (Wildman–Crippen LogP) is 6.13. The van der Waals surface area contributed by atoms with Crippen LogP contribution in [0.2, 0.25) is 0 Å². The van der Waals surface area contributed by atoms with Crippen molar-refractivity contribution >= 4 is 32.9 Å². The van der Waals surface area contributed by atoms with E-state index in [-0.39, 0.29) is 5.41 Å². The van der Waals surface area contributed by atoms with Crippen molar-refractivity contribution in [3.63, 3.8) is 0 Å². The molecule has 2 aromatic carbocycles. The zero-order valence-corrected chi connectivity index (χ0v) is 16.5. The van der Waals surface area contributed by atoms with Crippen molar-refractivity contribution in [2.24, 2.45) is 0 Å². The van der Waals surface area contributed by atoms with Crippen LogP contribution < -0.4 is 0 Å². The average molecular weight is 400 g/mol. The SMILES string of the molecule is Cc1cccc2c(C(C)(C)C)c(Cc3ccc(Br)cc3)n(C(=O)O)c12. The lowest BCUT2D eigenvalue weighted by molar-refractivity contribution is 0.196. The summed E-state index contributed by atoms with van der Waals surface area (Å²) in [7, 11) is 0. The second-order valence-electron chi connectivity index (χ2n) is 7.46. The van der Waals surface area contributed by atoms with Gasteiger partial charge in [0, 0.05) is 22.0 Å². The molecule has 3 rings (SSSR count). The molecule has 1 aromatic heterocycles. The second kappa shape index (κ2) is 6.34. The highest BCUT2D eigenvalue weighted by Gasteiger charge is 2.29. The van der Waals surface area contributed by atoms with Crippen LogP contribution in [0.3, 0.4) is 0 Å². The van der Waals surface area contributed by atoms with E-state index >= 15 is 0 Å². The van der Waals surface area contributed by atoms with Crippen molar-refractivity contribution in [2.45, 2.75) is 39.5 Å². The van der Waals surface area contributed by atoms with E-state index in [1.54, 1.807) is 0 Å². The predicted molar refractivity (Wildman–Crippen MR) is 106 cm³/mol. The molecule has 0 spiro atoms. The number of fused-ring (bicyclic) bond motifs is 1. The Bertz CT molecular complexity index is 947. The van der Waals surface area contributed by atoms with E-state index in [4.69, 9.17) is 0 Å². The summed E-state index contributed by atoms with van der Waals surface area (Å²) in [4.78, 5) is 12.1. The molecule has 0 aliphatic heterocycles. The highest BCUT2D eigenvalue weighted by Crippen LogP contribution is 2.38. The van der Waals surface area contributed by atoms with E-state index < -0.39 is 6.09 Å². The van der Waals surface area contributed by atoms with E-state index in [1.807, 2.05) is 49.4 Å². The molecule has 130 valence electrons. The average Bonchev–Trinajstić information content (AvgIpc) is 2.85. The van der Waals surface area contributed by atoms with Gasteiger partial charge in [0.25, 0.3) is 0 Å². The Morgan fingerprint density at radius 2 is 1.76 bits per heavy atom. The Morgan fingerprint density at radius 1 is 1.12 bits per heavy atom. The summed E-state index contributed by atoms with van der Waals surface area (Å²) in [5, 5.41) is 11.0. The minimum atomic E-state index is -0.929. The fraction of sp³-hybridized carbons (Fsp3) is 0.286. The van der Waals surface area contributed by atoms with Gasteiger partial charge < -0.3 is 5.11 Å². The molecule has 4 heteroatoms. The van der Waals surface area contributed by atoms with Gasteiger partial charge in [-0.05, 0) is 41.2 Å². The Kier molecular flexibility index (Phi) is 4.50. The molecular weight excluding hydrogens is 378 g/mol.